The summed E-state index contributed by atoms with van der Waals surface area (Å²) in [4.78, 5) is 28.6. The van der Waals surface area contributed by atoms with E-state index in [1.54, 1.807) is 0 Å². The molecule has 0 radical (unpaired) electrons. The highest BCUT2D eigenvalue weighted by atomic mass is 16.4. The van der Waals surface area contributed by atoms with Crippen molar-refractivity contribution in [2.75, 3.05) is 4.90 Å². The number of pyridine rings is 1. The Bertz CT molecular complexity index is 2530. The summed E-state index contributed by atoms with van der Waals surface area (Å²) in [7, 11) is 0. The number of para-hydroxylation sites is 3. The third kappa shape index (κ3) is 4.83. The van der Waals surface area contributed by atoms with E-state index < -0.39 is 0 Å². The van der Waals surface area contributed by atoms with Crippen LogP contribution in [0.1, 0.15) is 23.2 Å². The average Bonchev–Trinajstić information content (AvgIpc) is 3.49. The van der Waals surface area contributed by atoms with Gasteiger partial charge in [-0.05, 0) is 103 Å². The summed E-state index contributed by atoms with van der Waals surface area (Å²) < 4.78 is 8.28. The fraction of sp³-hybridized carbons (Fsp3) is 0.0476. The zero-order valence-corrected chi connectivity index (χ0v) is 26.3. The Kier molecular flexibility index (Phi) is 6.76. The van der Waals surface area contributed by atoms with Crippen molar-refractivity contribution in [3.05, 3.63) is 173 Å². The van der Waals surface area contributed by atoms with Gasteiger partial charge in [0, 0.05) is 51.0 Å². The maximum atomic E-state index is 13.3. The van der Waals surface area contributed by atoms with Gasteiger partial charge in [0.25, 0.3) is 0 Å². The summed E-state index contributed by atoms with van der Waals surface area (Å²) in [6.07, 6.45) is 9.56. The van der Waals surface area contributed by atoms with Crippen molar-refractivity contribution < 1.29 is 9.21 Å². The number of hydrogen-bond acceptors (Lipinski definition) is 6. The van der Waals surface area contributed by atoms with Gasteiger partial charge >= 0.3 is 0 Å². The summed E-state index contributed by atoms with van der Waals surface area (Å²) >= 11 is 0. The van der Waals surface area contributed by atoms with E-state index in [0.717, 1.165) is 56.9 Å². The van der Waals surface area contributed by atoms with Crippen LogP contribution in [0, 0.1) is 0 Å². The predicted octanol–water partition coefficient (Wildman–Crippen LogP) is 9.36. The van der Waals surface area contributed by atoms with Gasteiger partial charge in [0.15, 0.2) is 11.2 Å². The van der Waals surface area contributed by atoms with E-state index in [1.807, 2.05) is 121 Å². The van der Waals surface area contributed by atoms with Crippen LogP contribution in [0.15, 0.2) is 166 Å². The minimum absolute atomic E-state index is 0.0251. The summed E-state index contributed by atoms with van der Waals surface area (Å²) in [5, 5.41) is 10.1. The lowest BCUT2D eigenvalue weighted by Crippen LogP contribution is -2.16. The molecule has 1 aliphatic carbocycles. The molecule has 234 valence electrons. The molecule has 7 nitrogen and oxygen atoms in total. The second-order valence-electron chi connectivity index (χ2n) is 12.1. The predicted molar refractivity (Wildman–Crippen MR) is 193 cm³/mol. The van der Waals surface area contributed by atoms with Crippen LogP contribution in [0.25, 0.3) is 50.4 Å². The molecular weight excluding hydrogens is 608 g/mol. The van der Waals surface area contributed by atoms with Gasteiger partial charge in [-0.3, -0.25) is 9.59 Å². The van der Waals surface area contributed by atoms with Crippen molar-refractivity contribution in [2.24, 2.45) is 0 Å². The van der Waals surface area contributed by atoms with E-state index in [0.29, 0.717) is 34.5 Å². The Hall–Kier alpha value is -6.60. The Balaban J connectivity index is 1.04. The molecule has 1 aliphatic heterocycles. The molecule has 0 bridgehead atoms. The molecule has 0 N–H and O–H groups in total. The quantitative estimate of drug-likeness (QED) is 0.179. The van der Waals surface area contributed by atoms with Gasteiger partial charge in [-0.2, -0.15) is 0 Å². The van der Waals surface area contributed by atoms with Gasteiger partial charge in [-0.1, -0.05) is 54.6 Å². The Labute approximate surface area is 281 Å². The van der Waals surface area contributed by atoms with Gasteiger partial charge in [0.05, 0.1) is 16.7 Å². The molecule has 0 amide bonds. The number of nitrogens with zero attached hydrogens (tertiary/aromatic N) is 4. The number of ketones is 1. The van der Waals surface area contributed by atoms with Crippen LogP contribution in [0.5, 0.6) is 0 Å². The lowest BCUT2D eigenvalue weighted by molar-refractivity contribution is 0.0995. The van der Waals surface area contributed by atoms with Crippen LogP contribution in [-0.2, 0) is 0 Å². The molecule has 2 aromatic heterocycles. The van der Waals surface area contributed by atoms with Crippen LogP contribution in [0.2, 0.25) is 0 Å². The molecule has 2 aliphatic rings. The molecule has 49 heavy (non-hydrogen) atoms. The van der Waals surface area contributed by atoms with E-state index in [-0.39, 0.29) is 11.2 Å². The zero-order valence-electron chi connectivity index (χ0n) is 26.3. The molecule has 3 heterocycles. The second kappa shape index (κ2) is 11.6. The standard InChI is InChI=1S/C42H28N4O3/c47-39-26-29-10-2-1-3-14-35(29)45(36-15-7-4-11-32(36)39)30-22-18-27(19-23-30)41-43-44-42(49-41)28-20-24-31(25-21-28)46-37-16-8-5-12-33(37)40(48)34-13-6-9-17-38(34)46/h2-25H,1,26H2. The molecule has 7 aromatic rings. The minimum atomic E-state index is 0.0251. The van der Waals surface area contributed by atoms with Crippen molar-refractivity contribution in [1.82, 2.24) is 14.8 Å². The number of anilines is 2. The summed E-state index contributed by atoms with van der Waals surface area (Å²) in [5.74, 6) is 0.923. The fourth-order valence-electron chi connectivity index (χ4n) is 6.85. The average molecular weight is 637 g/mol. The maximum Gasteiger partial charge on any atom is 0.248 e. The number of fused-ring (bicyclic) bond motifs is 3. The first kappa shape index (κ1) is 28.6. The molecule has 0 fully saturated rings. The third-order valence-corrected chi connectivity index (χ3v) is 9.18. The Morgan fingerprint density at radius 3 is 1.84 bits per heavy atom. The van der Waals surface area contributed by atoms with Crippen molar-refractivity contribution in [1.29, 1.82) is 0 Å². The third-order valence-electron chi connectivity index (χ3n) is 9.18. The van der Waals surface area contributed by atoms with Crippen LogP contribution in [0.3, 0.4) is 0 Å². The van der Waals surface area contributed by atoms with Crippen LogP contribution in [0.4, 0.5) is 11.4 Å². The normalized spacial score (nSPS) is 14.2. The van der Waals surface area contributed by atoms with E-state index >= 15 is 0 Å². The summed E-state index contributed by atoms with van der Waals surface area (Å²) in [5.41, 5.74) is 8.68. The van der Waals surface area contributed by atoms with Crippen LogP contribution < -0.4 is 10.3 Å². The number of carbonyl (C=O) groups excluding carboxylic acids is 1. The van der Waals surface area contributed by atoms with Crippen LogP contribution in [-0.4, -0.2) is 20.5 Å². The SMILES string of the molecule is O=C1CC2=C(C=CCC=C2)N(c2ccc(-c3nnc(-c4ccc(-n5c6ccccc6c(=O)c6ccccc65)cc4)o3)cc2)c2ccccc21. The van der Waals surface area contributed by atoms with Crippen LogP contribution >= 0.6 is 0 Å². The minimum Gasteiger partial charge on any atom is -0.416 e. The van der Waals surface area contributed by atoms with E-state index in [2.05, 4.69) is 44.0 Å². The molecule has 0 unspecified atom stereocenters. The molecular formula is C42H28N4O3. The first-order chi connectivity index (χ1) is 24.1. The molecule has 0 saturated heterocycles. The summed E-state index contributed by atoms with van der Waals surface area (Å²) in [6.45, 7) is 0. The summed E-state index contributed by atoms with van der Waals surface area (Å²) in [6, 6.07) is 39.0. The molecule has 7 heteroatoms. The monoisotopic (exact) mass is 636 g/mol. The van der Waals surface area contributed by atoms with Crippen molar-refractivity contribution in [3.63, 3.8) is 0 Å². The van der Waals surface area contributed by atoms with Gasteiger partial charge in [-0.25, -0.2) is 0 Å². The lowest BCUT2D eigenvalue weighted by Gasteiger charge is -2.27. The number of hydrogen-bond donors (Lipinski definition) is 0. The highest BCUT2D eigenvalue weighted by molar-refractivity contribution is 6.05. The molecule has 0 atom stereocenters. The highest BCUT2D eigenvalue weighted by Crippen LogP contribution is 2.40. The van der Waals surface area contributed by atoms with Gasteiger partial charge in [0.1, 0.15) is 0 Å². The highest BCUT2D eigenvalue weighted by Gasteiger charge is 2.27. The number of aromatic nitrogens is 3. The van der Waals surface area contributed by atoms with Gasteiger partial charge in [-0.15, -0.1) is 10.2 Å². The first-order valence-corrected chi connectivity index (χ1v) is 16.2. The number of allylic oxidation sites excluding steroid dienone is 5. The number of carbonyl (C=O) groups is 1. The second-order valence-corrected chi connectivity index (χ2v) is 12.1. The Morgan fingerprint density at radius 2 is 1.16 bits per heavy atom. The zero-order chi connectivity index (χ0) is 32.9. The maximum absolute atomic E-state index is 13.3. The number of Topliss-reactive ketones (excluding diaryl/α,β-unsaturated/α-hetero) is 1. The smallest absolute Gasteiger partial charge is 0.248 e. The number of rotatable bonds is 4. The fourth-order valence-corrected chi connectivity index (χ4v) is 6.85. The van der Waals surface area contributed by atoms with E-state index in [9.17, 15) is 9.59 Å². The van der Waals surface area contributed by atoms with Gasteiger partial charge in [0.2, 0.25) is 11.8 Å². The van der Waals surface area contributed by atoms with Crippen molar-refractivity contribution >= 4 is 39.0 Å². The largest absolute Gasteiger partial charge is 0.416 e. The van der Waals surface area contributed by atoms with Crippen molar-refractivity contribution in [3.8, 4) is 28.6 Å². The topological polar surface area (TPSA) is 81.2 Å². The molecule has 5 aromatic carbocycles. The Morgan fingerprint density at radius 1 is 0.592 bits per heavy atom. The molecule has 9 rings (SSSR count). The molecule has 0 saturated carbocycles. The van der Waals surface area contributed by atoms with E-state index in [4.69, 9.17) is 4.42 Å². The molecule has 0 spiro atoms. The van der Waals surface area contributed by atoms with Gasteiger partial charge < -0.3 is 13.9 Å². The first-order valence-electron chi connectivity index (χ1n) is 16.2. The lowest BCUT2D eigenvalue weighted by atomic mass is 10.0. The number of benzene rings is 5. The van der Waals surface area contributed by atoms with Crippen molar-refractivity contribution in [2.45, 2.75) is 12.8 Å². The van der Waals surface area contributed by atoms with E-state index in [1.165, 1.54) is 0 Å².